The summed E-state index contributed by atoms with van der Waals surface area (Å²) in [4.78, 5) is 13.3. The summed E-state index contributed by atoms with van der Waals surface area (Å²) >= 11 is 0. The van der Waals surface area contributed by atoms with Gasteiger partial charge in [0.25, 0.3) is 5.91 Å². The van der Waals surface area contributed by atoms with Crippen LogP contribution in [0, 0.1) is 0 Å². The molecule has 0 saturated carbocycles. The zero-order chi connectivity index (χ0) is 14.4. The molecule has 1 aromatic carbocycles. The predicted octanol–water partition coefficient (Wildman–Crippen LogP) is 2.13. The largest absolute Gasteiger partial charge is 0.480 e. The summed E-state index contributed by atoms with van der Waals surface area (Å²) < 4.78 is 5.67. The van der Waals surface area contributed by atoms with Gasteiger partial charge in [-0.15, -0.1) is 0 Å². The van der Waals surface area contributed by atoms with Crippen LogP contribution in [0.25, 0.3) is 0 Å². The first-order valence-corrected chi connectivity index (χ1v) is 6.19. The number of carbonyl (C=O) groups is 1. The smallest absolute Gasteiger partial charge is 0.262 e. The lowest BCUT2D eigenvalue weighted by molar-refractivity contribution is -0.135. The van der Waals surface area contributed by atoms with Gasteiger partial charge in [0.15, 0.2) is 6.10 Å². The number of carbonyl (C=O) groups excluding carboxylic acids is 1. The summed E-state index contributed by atoms with van der Waals surface area (Å²) in [5, 5.41) is 12.3. The highest BCUT2D eigenvalue weighted by atomic mass is 16.5. The van der Waals surface area contributed by atoms with E-state index in [2.05, 4.69) is 5.16 Å². The Morgan fingerprint density at radius 2 is 2.05 bits per heavy atom. The second-order valence-corrected chi connectivity index (χ2v) is 4.39. The van der Waals surface area contributed by atoms with Gasteiger partial charge in [0.1, 0.15) is 5.75 Å². The van der Waals surface area contributed by atoms with Crippen LogP contribution in [-0.4, -0.2) is 41.9 Å². The summed E-state index contributed by atoms with van der Waals surface area (Å²) in [5.41, 5.74) is 1.23. The molecule has 0 saturated heterocycles. The molecule has 0 aromatic heterocycles. The van der Waals surface area contributed by atoms with Gasteiger partial charge in [-0.3, -0.25) is 4.79 Å². The number of rotatable bonds is 5. The molecule has 0 aliphatic heterocycles. The molecule has 1 rings (SSSR count). The number of nitrogens with zero attached hydrogens (tertiary/aromatic N) is 2. The van der Waals surface area contributed by atoms with Gasteiger partial charge in [0, 0.05) is 19.7 Å². The Bertz CT molecular complexity index is 470. The van der Waals surface area contributed by atoms with Crippen molar-refractivity contribution in [2.75, 3.05) is 14.1 Å². The maximum absolute atomic E-state index is 11.8. The average molecular weight is 264 g/mol. The quantitative estimate of drug-likeness (QED) is 0.503. The van der Waals surface area contributed by atoms with Crippen LogP contribution < -0.4 is 4.74 Å². The van der Waals surface area contributed by atoms with Gasteiger partial charge in [0.05, 0.1) is 5.71 Å². The number of amides is 1. The van der Waals surface area contributed by atoms with Crippen molar-refractivity contribution in [3.63, 3.8) is 0 Å². The van der Waals surface area contributed by atoms with Crippen LogP contribution in [0.4, 0.5) is 0 Å². The summed E-state index contributed by atoms with van der Waals surface area (Å²) in [6.45, 7) is 3.58. The SMILES string of the molecule is CC/C(=N\O)c1ccccc1OC(C)C(=O)N(C)C. The molecule has 0 aliphatic carbocycles. The molecule has 1 atom stereocenters. The maximum atomic E-state index is 11.8. The standard InChI is InChI=1S/C14H20N2O3/c1-5-12(15-18)11-8-6-7-9-13(11)19-10(2)14(17)16(3)4/h6-10,18H,5H2,1-4H3/b15-12+. The number of likely N-dealkylation sites (N-methyl/N-ethyl adjacent to an activating group) is 1. The molecule has 1 amide bonds. The third-order valence-corrected chi connectivity index (χ3v) is 2.75. The van der Waals surface area contributed by atoms with Crippen molar-refractivity contribution in [2.24, 2.45) is 5.16 Å². The highest BCUT2D eigenvalue weighted by Gasteiger charge is 2.19. The van der Waals surface area contributed by atoms with Crippen molar-refractivity contribution in [3.8, 4) is 5.75 Å². The number of ether oxygens (including phenoxy) is 1. The Morgan fingerprint density at radius 1 is 1.42 bits per heavy atom. The van der Waals surface area contributed by atoms with Crippen LogP contribution in [0.3, 0.4) is 0 Å². The number of para-hydroxylation sites is 1. The van der Waals surface area contributed by atoms with Crippen LogP contribution in [0.5, 0.6) is 5.75 Å². The maximum Gasteiger partial charge on any atom is 0.262 e. The first-order valence-electron chi connectivity index (χ1n) is 6.19. The van der Waals surface area contributed by atoms with Crippen molar-refractivity contribution < 1.29 is 14.7 Å². The minimum Gasteiger partial charge on any atom is -0.480 e. The molecule has 0 fully saturated rings. The molecular weight excluding hydrogens is 244 g/mol. The molecule has 104 valence electrons. The number of hydrogen-bond donors (Lipinski definition) is 1. The summed E-state index contributed by atoms with van der Waals surface area (Å²) in [6.07, 6.45) is -0.0136. The molecule has 1 unspecified atom stereocenters. The first-order chi connectivity index (χ1) is 9.01. The molecule has 0 aliphatic rings. The van der Waals surface area contributed by atoms with Crippen molar-refractivity contribution in [3.05, 3.63) is 29.8 Å². The molecule has 5 heteroatoms. The lowest BCUT2D eigenvalue weighted by Gasteiger charge is -2.20. The normalized spacial score (nSPS) is 12.9. The van der Waals surface area contributed by atoms with Crippen LogP contribution in [-0.2, 0) is 4.79 Å². The molecular formula is C14H20N2O3. The van der Waals surface area contributed by atoms with Gasteiger partial charge in [-0.25, -0.2) is 0 Å². The summed E-state index contributed by atoms with van der Waals surface area (Å²) in [7, 11) is 3.36. The average Bonchev–Trinajstić information content (AvgIpc) is 2.40. The minimum absolute atomic E-state index is 0.117. The molecule has 0 heterocycles. The number of hydrogen-bond acceptors (Lipinski definition) is 4. The van der Waals surface area contributed by atoms with E-state index in [0.29, 0.717) is 23.4 Å². The molecule has 19 heavy (non-hydrogen) atoms. The molecule has 0 spiro atoms. The van der Waals surface area contributed by atoms with Crippen LogP contribution in [0.15, 0.2) is 29.4 Å². The van der Waals surface area contributed by atoms with E-state index in [1.807, 2.05) is 19.1 Å². The Hall–Kier alpha value is -2.04. The summed E-state index contributed by atoms with van der Waals surface area (Å²) in [6, 6.07) is 7.22. The Morgan fingerprint density at radius 3 is 2.58 bits per heavy atom. The molecule has 1 N–H and O–H groups in total. The third-order valence-electron chi connectivity index (χ3n) is 2.75. The topological polar surface area (TPSA) is 62.1 Å². The second-order valence-electron chi connectivity index (χ2n) is 4.39. The molecule has 0 bridgehead atoms. The fraction of sp³-hybridized carbons (Fsp3) is 0.429. The van der Waals surface area contributed by atoms with Gasteiger partial charge >= 0.3 is 0 Å². The highest BCUT2D eigenvalue weighted by Crippen LogP contribution is 2.21. The number of oxime groups is 1. The Balaban J connectivity index is 2.99. The van der Waals surface area contributed by atoms with E-state index in [4.69, 9.17) is 9.94 Å². The third kappa shape index (κ3) is 3.71. The van der Waals surface area contributed by atoms with Crippen LogP contribution in [0.2, 0.25) is 0 Å². The van der Waals surface area contributed by atoms with Gasteiger partial charge in [-0.2, -0.15) is 0 Å². The van der Waals surface area contributed by atoms with Crippen LogP contribution >= 0.6 is 0 Å². The van der Waals surface area contributed by atoms with Crippen molar-refractivity contribution in [2.45, 2.75) is 26.4 Å². The van der Waals surface area contributed by atoms with E-state index < -0.39 is 6.10 Å². The Labute approximate surface area is 113 Å². The van der Waals surface area contributed by atoms with Crippen molar-refractivity contribution in [1.29, 1.82) is 0 Å². The van der Waals surface area contributed by atoms with E-state index in [9.17, 15) is 4.79 Å². The molecule has 5 nitrogen and oxygen atoms in total. The van der Waals surface area contributed by atoms with Gasteiger partial charge < -0.3 is 14.8 Å². The highest BCUT2D eigenvalue weighted by molar-refractivity contribution is 6.02. The van der Waals surface area contributed by atoms with E-state index in [1.165, 1.54) is 4.90 Å². The minimum atomic E-state index is -0.590. The zero-order valence-electron chi connectivity index (χ0n) is 11.8. The van der Waals surface area contributed by atoms with Crippen LogP contribution in [0.1, 0.15) is 25.8 Å². The lowest BCUT2D eigenvalue weighted by atomic mass is 10.1. The van der Waals surface area contributed by atoms with E-state index in [1.54, 1.807) is 33.2 Å². The van der Waals surface area contributed by atoms with E-state index >= 15 is 0 Å². The van der Waals surface area contributed by atoms with E-state index in [-0.39, 0.29) is 5.91 Å². The van der Waals surface area contributed by atoms with E-state index in [0.717, 1.165) is 0 Å². The first kappa shape index (κ1) is 15.0. The zero-order valence-corrected chi connectivity index (χ0v) is 11.8. The monoisotopic (exact) mass is 264 g/mol. The lowest BCUT2D eigenvalue weighted by Crippen LogP contribution is -2.35. The Kier molecular flexibility index (Phi) is 5.36. The fourth-order valence-electron chi connectivity index (χ4n) is 1.73. The van der Waals surface area contributed by atoms with Crippen molar-refractivity contribution >= 4 is 11.6 Å². The number of benzene rings is 1. The van der Waals surface area contributed by atoms with Gasteiger partial charge in [-0.05, 0) is 25.5 Å². The molecule has 0 radical (unpaired) electrons. The predicted molar refractivity (Wildman–Crippen MR) is 73.8 cm³/mol. The van der Waals surface area contributed by atoms with Crippen molar-refractivity contribution in [1.82, 2.24) is 4.90 Å². The van der Waals surface area contributed by atoms with Gasteiger partial charge in [0.2, 0.25) is 0 Å². The second kappa shape index (κ2) is 6.78. The van der Waals surface area contributed by atoms with Gasteiger partial charge in [-0.1, -0.05) is 24.2 Å². The fourth-order valence-corrected chi connectivity index (χ4v) is 1.73. The molecule has 1 aromatic rings. The summed E-state index contributed by atoms with van der Waals surface area (Å²) in [5.74, 6) is 0.425.